The van der Waals surface area contributed by atoms with Gasteiger partial charge in [-0.15, -0.1) is 0 Å². The first kappa shape index (κ1) is 33.9. The van der Waals surface area contributed by atoms with Gasteiger partial charge in [-0.3, -0.25) is 4.18 Å². The molecule has 220 valence electrons. The fourth-order valence-corrected chi connectivity index (χ4v) is 9.71. The quantitative estimate of drug-likeness (QED) is 0.111. The van der Waals surface area contributed by atoms with E-state index in [4.69, 9.17) is 0 Å². The van der Waals surface area contributed by atoms with Gasteiger partial charge in [0.15, 0.2) is 0 Å². The van der Waals surface area contributed by atoms with E-state index in [1.165, 1.54) is 0 Å². The molecular weight excluding hydrogens is 535 g/mol. The van der Waals surface area contributed by atoms with Gasteiger partial charge in [0.25, 0.3) is 0 Å². The number of rotatable bonds is 7. The first-order valence-electron chi connectivity index (χ1n) is 14.2. The number of allylic oxidation sites excluding steroid dienone is 1. The second kappa shape index (κ2) is 11.5. The van der Waals surface area contributed by atoms with Crippen LogP contribution in [0.3, 0.4) is 0 Å². The summed E-state index contributed by atoms with van der Waals surface area (Å²) in [6, 6.07) is 0. The Morgan fingerprint density at radius 3 is 2.26 bits per heavy atom. The van der Waals surface area contributed by atoms with E-state index < -0.39 is 56.7 Å². The Morgan fingerprint density at radius 1 is 1.03 bits per heavy atom. The Kier molecular flexibility index (Phi) is 9.99. The van der Waals surface area contributed by atoms with Crippen LogP contribution in [0.5, 0.6) is 0 Å². The summed E-state index contributed by atoms with van der Waals surface area (Å²) >= 11 is 0. The van der Waals surface area contributed by atoms with Gasteiger partial charge in [-0.2, -0.15) is 0 Å². The van der Waals surface area contributed by atoms with Gasteiger partial charge in [-0.1, -0.05) is 46.8 Å². The van der Waals surface area contributed by atoms with Crippen molar-refractivity contribution in [1.82, 2.24) is 0 Å². The molecule has 39 heavy (non-hydrogen) atoms. The summed E-state index contributed by atoms with van der Waals surface area (Å²) in [7, 11) is -4.78. The van der Waals surface area contributed by atoms with E-state index in [0.29, 0.717) is 25.7 Å². The molecule has 4 aliphatic carbocycles. The summed E-state index contributed by atoms with van der Waals surface area (Å²) in [6.07, 6.45) is 4.14. The molecule has 4 fully saturated rings. The molecule has 0 saturated heterocycles. The Balaban J connectivity index is 0.00000420. The van der Waals surface area contributed by atoms with Gasteiger partial charge in [-0.25, -0.2) is 8.42 Å². The van der Waals surface area contributed by atoms with Crippen LogP contribution < -0.4 is 29.6 Å². The third-order valence-electron chi connectivity index (χ3n) is 11.5. The second-order valence-electron chi connectivity index (χ2n) is 13.8. The predicted octanol–water partition coefficient (Wildman–Crippen LogP) is -0.877. The zero-order valence-corrected chi connectivity index (χ0v) is 27.1. The van der Waals surface area contributed by atoms with Crippen LogP contribution in [0.25, 0.3) is 0 Å². The van der Waals surface area contributed by atoms with Crippen molar-refractivity contribution >= 4 is 10.4 Å². The fourth-order valence-electron chi connectivity index (χ4n) is 9.39. The number of hydrogen-bond donors (Lipinski definition) is 5. The van der Waals surface area contributed by atoms with Crippen LogP contribution in [0.15, 0.2) is 12.2 Å². The van der Waals surface area contributed by atoms with Crippen molar-refractivity contribution in [1.29, 1.82) is 0 Å². The molecule has 0 aromatic heterocycles. The zero-order valence-electron chi connectivity index (χ0n) is 24.3. The maximum Gasteiger partial charge on any atom is 1.00 e. The van der Waals surface area contributed by atoms with Gasteiger partial charge in [0, 0.05) is 30.1 Å². The SMILES string of the molecule is CC(C)C(/C=C/C(C)[C@H]1C[C@H](O)[C@@H]2[C@]1(C)CC[C@H]1[C@@]2(O)C[C@@H](O)[C@@]2(O)CC(O)CC[C@]12C)COS(=O)(=O)[O-].[Na+]. The molecule has 11 heteroatoms. The van der Waals surface area contributed by atoms with Crippen LogP contribution in [0.2, 0.25) is 0 Å². The van der Waals surface area contributed by atoms with E-state index in [1.807, 2.05) is 32.9 Å². The van der Waals surface area contributed by atoms with E-state index >= 15 is 0 Å². The molecule has 0 aromatic rings. The minimum absolute atomic E-state index is 0. The molecule has 12 atom stereocenters. The third-order valence-corrected chi connectivity index (χ3v) is 11.9. The summed E-state index contributed by atoms with van der Waals surface area (Å²) in [5.74, 6) is -0.998. The van der Waals surface area contributed by atoms with Crippen LogP contribution in [-0.4, -0.2) is 74.6 Å². The van der Waals surface area contributed by atoms with Crippen LogP contribution in [0, 0.1) is 46.3 Å². The molecule has 0 radical (unpaired) electrons. The van der Waals surface area contributed by atoms with E-state index in [1.54, 1.807) is 0 Å². The van der Waals surface area contributed by atoms with Gasteiger partial charge in [0.2, 0.25) is 10.4 Å². The van der Waals surface area contributed by atoms with E-state index in [-0.39, 0.29) is 78.6 Å². The van der Waals surface area contributed by atoms with Crippen molar-refractivity contribution in [3.05, 3.63) is 12.2 Å². The maximum absolute atomic E-state index is 12.4. The Morgan fingerprint density at radius 2 is 1.67 bits per heavy atom. The summed E-state index contributed by atoms with van der Waals surface area (Å²) in [5, 5.41) is 57.0. The van der Waals surface area contributed by atoms with Crippen LogP contribution >= 0.6 is 0 Å². The Hall–Kier alpha value is 0.410. The molecule has 0 aliphatic heterocycles. The predicted molar refractivity (Wildman–Crippen MR) is 139 cm³/mol. The molecule has 3 unspecified atom stereocenters. The third kappa shape index (κ3) is 5.71. The summed E-state index contributed by atoms with van der Waals surface area (Å²) in [4.78, 5) is 0. The van der Waals surface area contributed by atoms with Gasteiger partial charge in [-0.05, 0) is 61.2 Å². The molecule has 0 spiro atoms. The molecule has 0 amide bonds. The maximum atomic E-state index is 12.4. The van der Waals surface area contributed by atoms with Gasteiger partial charge in [0.05, 0.1) is 36.1 Å². The summed E-state index contributed by atoms with van der Waals surface area (Å²) in [5.41, 5.74) is -4.05. The monoisotopic (exact) mass is 582 g/mol. The Bertz CT molecular complexity index is 1020. The van der Waals surface area contributed by atoms with Crippen molar-refractivity contribution in [3.8, 4) is 0 Å². The number of aliphatic hydroxyl groups is 5. The van der Waals surface area contributed by atoms with Crippen LogP contribution in [0.1, 0.15) is 79.6 Å². The molecule has 0 heterocycles. The van der Waals surface area contributed by atoms with Crippen molar-refractivity contribution in [2.75, 3.05) is 6.61 Å². The van der Waals surface area contributed by atoms with Crippen molar-refractivity contribution in [2.24, 2.45) is 46.3 Å². The average molecular weight is 583 g/mol. The van der Waals surface area contributed by atoms with Gasteiger partial charge < -0.3 is 30.1 Å². The van der Waals surface area contributed by atoms with E-state index in [9.17, 15) is 38.5 Å². The van der Waals surface area contributed by atoms with Gasteiger partial charge >= 0.3 is 29.6 Å². The summed E-state index contributed by atoms with van der Waals surface area (Å²) < 4.78 is 37.4. The second-order valence-corrected chi connectivity index (χ2v) is 14.8. The van der Waals surface area contributed by atoms with Crippen LogP contribution in [-0.2, 0) is 14.6 Å². The molecule has 4 aliphatic rings. The van der Waals surface area contributed by atoms with E-state index in [2.05, 4.69) is 18.0 Å². The smallest absolute Gasteiger partial charge is 0.726 e. The zero-order chi connectivity index (χ0) is 28.5. The molecule has 0 bridgehead atoms. The topological polar surface area (TPSA) is 168 Å². The molecule has 9 nitrogen and oxygen atoms in total. The average Bonchev–Trinajstić information content (AvgIpc) is 3.06. The first-order chi connectivity index (χ1) is 17.4. The normalized spacial score (nSPS) is 47.7. The number of fused-ring (bicyclic) bond motifs is 5. The number of hydrogen-bond acceptors (Lipinski definition) is 9. The minimum atomic E-state index is -4.78. The first-order valence-corrected chi connectivity index (χ1v) is 15.5. The molecule has 0 aromatic carbocycles. The molecule has 4 saturated carbocycles. The van der Waals surface area contributed by atoms with Gasteiger partial charge in [0.1, 0.15) is 0 Å². The molecule has 5 N–H and O–H groups in total. The largest absolute Gasteiger partial charge is 1.00 e. The van der Waals surface area contributed by atoms with Crippen molar-refractivity contribution in [2.45, 2.75) is 109 Å². The molecule has 4 rings (SSSR count). The number of aliphatic hydroxyl groups excluding tert-OH is 3. The standard InChI is InChI=1S/C28H48O9S.Na/c1-16(2)18(15-37-38(34,35)36)7-6-17(3)20-12-21(30)24-25(20,4)10-9-22-26(5)11-8-19(29)13-28(26,33)23(31)14-27(22,24)32;/h6-7,16-24,29-33H,8-15H2,1-5H3,(H,34,35,36);/q;+1/p-1/b7-6+;/t17?,18?,19?,20-,21+,22-,23-,24-,25-,26-,27+,28+;/m1./s1. The van der Waals surface area contributed by atoms with E-state index in [0.717, 1.165) is 6.42 Å². The van der Waals surface area contributed by atoms with Crippen LogP contribution in [0.4, 0.5) is 0 Å². The van der Waals surface area contributed by atoms with Crippen molar-refractivity contribution < 1.29 is 72.2 Å². The van der Waals surface area contributed by atoms with Crippen molar-refractivity contribution in [3.63, 3.8) is 0 Å². The fraction of sp³-hybridized carbons (Fsp3) is 0.929. The summed E-state index contributed by atoms with van der Waals surface area (Å²) in [6.45, 7) is 9.72. The minimum Gasteiger partial charge on any atom is -0.726 e. The molecular formula is C28H47NaO9S. The Labute approximate surface area is 255 Å².